The maximum Gasteiger partial charge on any atom is 0.342 e. The maximum absolute atomic E-state index is 13.3. The number of benzene rings is 2. The fourth-order valence-corrected chi connectivity index (χ4v) is 4.21. The number of carbonyl (C=O) groups excluding carboxylic acids is 2. The van der Waals surface area contributed by atoms with Gasteiger partial charge in [0.2, 0.25) is 0 Å². The van der Waals surface area contributed by atoms with Crippen molar-refractivity contribution in [3.05, 3.63) is 96.4 Å². The summed E-state index contributed by atoms with van der Waals surface area (Å²) < 4.78 is 7.31. The van der Waals surface area contributed by atoms with E-state index in [0.717, 1.165) is 29.8 Å². The zero-order chi connectivity index (χ0) is 23.5. The number of aromatic nitrogens is 3. The van der Waals surface area contributed by atoms with E-state index >= 15 is 0 Å². The lowest BCUT2D eigenvalue weighted by Gasteiger charge is -2.31. The second-order valence-corrected chi connectivity index (χ2v) is 8.18. The molecule has 2 aromatic heterocycles. The molecule has 4 aromatic rings. The number of hydrogen-bond donors (Lipinski definition) is 0. The van der Waals surface area contributed by atoms with E-state index in [9.17, 15) is 9.59 Å². The zero-order valence-electron chi connectivity index (χ0n) is 18.8. The maximum atomic E-state index is 13.3. The van der Waals surface area contributed by atoms with Gasteiger partial charge in [-0.25, -0.2) is 9.48 Å². The van der Waals surface area contributed by atoms with Gasteiger partial charge in [-0.3, -0.25) is 9.78 Å². The van der Waals surface area contributed by atoms with Crippen molar-refractivity contribution in [2.45, 2.75) is 25.9 Å². The molecule has 0 spiro atoms. The number of hydrogen-bond acceptors (Lipinski definition) is 5. The molecule has 1 aliphatic rings. The van der Waals surface area contributed by atoms with Gasteiger partial charge in [0.05, 0.1) is 5.69 Å². The third-order valence-corrected chi connectivity index (χ3v) is 5.90. The zero-order valence-corrected chi connectivity index (χ0v) is 18.8. The van der Waals surface area contributed by atoms with Crippen LogP contribution >= 0.6 is 0 Å². The lowest BCUT2D eigenvalue weighted by Crippen LogP contribution is -2.42. The summed E-state index contributed by atoms with van der Waals surface area (Å²) in [5.41, 5.74) is 4.23. The standard InChI is InChI=1S/C27H24N4O3/c1-19(26(32)30-16-8-11-20-9-5-6-14-24(20)30)34-27(33)23-18-31(22-12-3-2-4-13-22)29-25(23)21-10-7-15-28-17-21/h2-7,9-10,12-15,17-19H,8,11,16H2,1H3/t19-/m0/s1. The molecule has 2 aromatic carbocycles. The first-order valence-electron chi connectivity index (χ1n) is 11.3. The van der Waals surface area contributed by atoms with Gasteiger partial charge in [0, 0.05) is 36.4 Å². The monoisotopic (exact) mass is 452 g/mol. The summed E-state index contributed by atoms with van der Waals surface area (Å²) in [4.78, 5) is 32.4. The van der Waals surface area contributed by atoms with E-state index in [1.54, 1.807) is 41.2 Å². The van der Waals surface area contributed by atoms with Crippen molar-refractivity contribution in [2.75, 3.05) is 11.4 Å². The number of aryl methyl sites for hydroxylation is 1. The predicted octanol–water partition coefficient (Wildman–Crippen LogP) is 4.46. The first-order valence-corrected chi connectivity index (χ1v) is 11.3. The molecule has 7 heteroatoms. The Labute approximate surface area is 197 Å². The van der Waals surface area contributed by atoms with Crippen LogP contribution in [0.15, 0.2) is 85.3 Å². The average molecular weight is 453 g/mol. The Hall–Kier alpha value is -4.26. The molecule has 0 unspecified atom stereocenters. The van der Waals surface area contributed by atoms with E-state index in [1.807, 2.05) is 60.7 Å². The van der Waals surface area contributed by atoms with Gasteiger partial charge in [-0.2, -0.15) is 5.10 Å². The Morgan fingerprint density at radius 3 is 2.59 bits per heavy atom. The van der Waals surface area contributed by atoms with Crippen LogP contribution in [-0.2, 0) is 16.0 Å². The molecule has 7 nitrogen and oxygen atoms in total. The minimum atomic E-state index is -0.944. The number of esters is 1. The normalized spacial score (nSPS) is 13.7. The van der Waals surface area contributed by atoms with Gasteiger partial charge in [0.25, 0.3) is 5.91 Å². The molecular formula is C27H24N4O3. The van der Waals surface area contributed by atoms with E-state index in [0.29, 0.717) is 17.8 Å². The van der Waals surface area contributed by atoms with Gasteiger partial charge in [-0.1, -0.05) is 36.4 Å². The molecule has 0 radical (unpaired) electrons. The highest BCUT2D eigenvalue weighted by molar-refractivity contribution is 6.01. The van der Waals surface area contributed by atoms with Crippen molar-refractivity contribution < 1.29 is 14.3 Å². The van der Waals surface area contributed by atoms with Crippen LogP contribution in [0, 0.1) is 0 Å². The summed E-state index contributed by atoms with van der Waals surface area (Å²) in [6, 6.07) is 21.0. The Morgan fingerprint density at radius 2 is 1.79 bits per heavy atom. The van der Waals surface area contributed by atoms with E-state index in [-0.39, 0.29) is 11.5 Å². The SMILES string of the molecule is C[C@H](OC(=O)c1cn(-c2ccccc2)nc1-c1cccnc1)C(=O)N1CCCc2ccccc21. The molecule has 1 atom stereocenters. The van der Waals surface area contributed by atoms with Crippen LogP contribution in [0.5, 0.6) is 0 Å². The molecule has 0 N–H and O–H groups in total. The van der Waals surface area contributed by atoms with Crippen molar-refractivity contribution in [2.24, 2.45) is 0 Å². The third-order valence-electron chi connectivity index (χ3n) is 5.90. The molecule has 0 aliphatic carbocycles. The van der Waals surface area contributed by atoms with Gasteiger partial charge in [-0.05, 0) is 55.7 Å². The molecule has 1 aliphatic heterocycles. The van der Waals surface area contributed by atoms with Crippen LogP contribution < -0.4 is 4.90 Å². The molecule has 0 saturated heterocycles. The number of amides is 1. The van der Waals surface area contributed by atoms with Crippen LogP contribution in [-0.4, -0.2) is 39.3 Å². The van der Waals surface area contributed by atoms with E-state index in [2.05, 4.69) is 10.1 Å². The van der Waals surface area contributed by atoms with Gasteiger partial charge in [0.1, 0.15) is 11.3 Å². The van der Waals surface area contributed by atoms with Crippen LogP contribution in [0.3, 0.4) is 0 Å². The Kier molecular flexibility index (Phi) is 5.91. The van der Waals surface area contributed by atoms with E-state index < -0.39 is 12.1 Å². The fourth-order valence-electron chi connectivity index (χ4n) is 4.21. The van der Waals surface area contributed by atoms with Crippen LogP contribution in [0.2, 0.25) is 0 Å². The molecule has 3 heterocycles. The lowest BCUT2D eigenvalue weighted by atomic mass is 10.0. The van der Waals surface area contributed by atoms with Crippen molar-refractivity contribution >= 4 is 17.6 Å². The fraction of sp³-hybridized carbons (Fsp3) is 0.185. The van der Waals surface area contributed by atoms with Crippen molar-refractivity contribution in [3.8, 4) is 16.9 Å². The van der Waals surface area contributed by atoms with E-state index in [4.69, 9.17) is 4.74 Å². The van der Waals surface area contributed by atoms with Crippen molar-refractivity contribution in [1.29, 1.82) is 0 Å². The topological polar surface area (TPSA) is 77.3 Å². The molecular weight excluding hydrogens is 428 g/mol. The smallest absolute Gasteiger partial charge is 0.342 e. The van der Waals surface area contributed by atoms with Gasteiger partial charge in [-0.15, -0.1) is 0 Å². The van der Waals surface area contributed by atoms with Crippen molar-refractivity contribution in [1.82, 2.24) is 14.8 Å². The number of rotatable bonds is 5. The predicted molar refractivity (Wildman–Crippen MR) is 129 cm³/mol. The molecule has 0 bridgehead atoms. The van der Waals surface area contributed by atoms with Crippen molar-refractivity contribution in [3.63, 3.8) is 0 Å². The minimum absolute atomic E-state index is 0.237. The number of anilines is 1. The summed E-state index contributed by atoms with van der Waals surface area (Å²) in [6.45, 7) is 2.22. The first kappa shape index (κ1) is 21.6. The Morgan fingerprint density at radius 1 is 1.00 bits per heavy atom. The number of pyridine rings is 1. The van der Waals surface area contributed by atoms with Crippen LogP contribution in [0.1, 0.15) is 29.3 Å². The highest BCUT2D eigenvalue weighted by Crippen LogP contribution is 2.28. The number of ether oxygens (including phenoxy) is 1. The summed E-state index contributed by atoms with van der Waals surface area (Å²) >= 11 is 0. The molecule has 0 saturated carbocycles. The molecule has 1 amide bonds. The number of carbonyl (C=O) groups is 2. The van der Waals surface area contributed by atoms with Crippen LogP contribution in [0.4, 0.5) is 5.69 Å². The number of para-hydroxylation sites is 2. The molecule has 0 fully saturated rings. The van der Waals surface area contributed by atoms with Gasteiger partial charge < -0.3 is 9.64 Å². The van der Waals surface area contributed by atoms with Gasteiger partial charge in [0.15, 0.2) is 6.10 Å². The average Bonchev–Trinajstić information content (AvgIpc) is 3.35. The van der Waals surface area contributed by atoms with Crippen LogP contribution in [0.25, 0.3) is 16.9 Å². The quantitative estimate of drug-likeness (QED) is 0.418. The number of nitrogens with zero attached hydrogens (tertiary/aromatic N) is 4. The van der Waals surface area contributed by atoms with Gasteiger partial charge >= 0.3 is 5.97 Å². The minimum Gasteiger partial charge on any atom is -0.449 e. The highest BCUT2D eigenvalue weighted by atomic mass is 16.5. The number of fused-ring (bicyclic) bond motifs is 1. The second kappa shape index (κ2) is 9.31. The molecule has 170 valence electrons. The summed E-state index contributed by atoms with van der Waals surface area (Å²) in [6.07, 6.45) is 5.80. The largest absolute Gasteiger partial charge is 0.449 e. The lowest BCUT2D eigenvalue weighted by molar-refractivity contribution is -0.126. The highest BCUT2D eigenvalue weighted by Gasteiger charge is 2.30. The summed E-state index contributed by atoms with van der Waals surface area (Å²) in [5, 5.41) is 4.62. The molecule has 5 rings (SSSR count). The Bertz CT molecular complexity index is 1320. The Balaban J connectivity index is 1.42. The first-order chi connectivity index (χ1) is 16.6. The van der Waals surface area contributed by atoms with E-state index in [1.165, 1.54) is 0 Å². The third kappa shape index (κ3) is 4.20. The summed E-state index contributed by atoms with van der Waals surface area (Å²) in [7, 11) is 0. The second-order valence-electron chi connectivity index (χ2n) is 8.18. The summed E-state index contributed by atoms with van der Waals surface area (Å²) in [5.74, 6) is -0.842. The molecule has 34 heavy (non-hydrogen) atoms.